The lowest BCUT2D eigenvalue weighted by Crippen LogP contribution is -2.40. The molecule has 1 heterocycles. The molecular weight excluding hydrogens is 210 g/mol. The smallest absolute Gasteiger partial charge is 0.0511 e. The van der Waals surface area contributed by atoms with Crippen LogP contribution in [0, 0.1) is 5.92 Å². The standard InChI is InChI=1S/C14H25N3/c1-5-13(15)14(17(4)10-11(2)3)12-7-6-8-16-9-12/h6-9,11,13-14H,5,10,15H2,1-4H3. The van der Waals surface area contributed by atoms with Crippen LogP contribution in [0.4, 0.5) is 0 Å². The molecule has 0 amide bonds. The highest BCUT2D eigenvalue weighted by Crippen LogP contribution is 2.23. The fraction of sp³-hybridized carbons (Fsp3) is 0.643. The first-order valence-electron chi connectivity index (χ1n) is 6.42. The summed E-state index contributed by atoms with van der Waals surface area (Å²) in [4.78, 5) is 6.54. The molecule has 0 aromatic carbocycles. The van der Waals surface area contributed by atoms with E-state index in [9.17, 15) is 0 Å². The molecule has 1 aromatic rings. The Labute approximate surface area is 105 Å². The van der Waals surface area contributed by atoms with Gasteiger partial charge in [0.1, 0.15) is 0 Å². The zero-order chi connectivity index (χ0) is 12.8. The minimum Gasteiger partial charge on any atom is -0.326 e. The van der Waals surface area contributed by atoms with E-state index in [1.165, 1.54) is 5.56 Å². The summed E-state index contributed by atoms with van der Waals surface area (Å²) in [7, 11) is 2.15. The van der Waals surface area contributed by atoms with Gasteiger partial charge in [-0.25, -0.2) is 0 Å². The first-order valence-corrected chi connectivity index (χ1v) is 6.42. The van der Waals surface area contributed by atoms with Crippen molar-refractivity contribution in [3.8, 4) is 0 Å². The molecule has 1 rings (SSSR count). The topological polar surface area (TPSA) is 42.1 Å². The lowest BCUT2D eigenvalue weighted by Gasteiger charge is -2.33. The first kappa shape index (κ1) is 14.1. The molecule has 0 spiro atoms. The van der Waals surface area contributed by atoms with E-state index in [-0.39, 0.29) is 12.1 Å². The van der Waals surface area contributed by atoms with E-state index < -0.39 is 0 Å². The molecule has 0 saturated heterocycles. The predicted octanol–water partition coefficient (Wildman–Crippen LogP) is 2.45. The summed E-state index contributed by atoms with van der Waals surface area (Å²) in [5, 5.41) is 0. The molecule has 2 N–H and O–H groups in total. The van der Waals surface area contributed by atoms with Crippen LogP contribution in [0.5, 0.6) is 0 Å². The maximum Gasteiger partial charge on any atom is 0.0511 e. The Kier molecular flexibility index (Phi) is 5.59. The number of nitrogens with zero attached hydrogens (tertiary/aromatic N) is 2. The molecule has 3 heteroatoms. The number of pyridine rings is 1. The van der Waals surface area contributed by atoms with Crippen LogP contribution in [0.25, 0.3) is 0 Å². The van der Waals surface area contributed by atoms with E-state index in [0.717, 1.165) is 13.0 Å². The van der Waals surface area contributed by atoms with Gasteiger partial charge in [0.2, 0.25) is 0 Å². The molecule has 0 aliphatic rings. The van der Waals surface area contributed by atoms with E-state index in [1.807, 2.05) is 12.3 Å². The summed E-state index contributed by atoms with van der Waals surface area (Å²) in [5.41, 5.74) is 7.47. The summed E-state index contributed by atoms with van der Waals surface area (Å²) >= 11 is 0. The van der Waals surface area contributed by atoms with Crippen molar-refractivity contribution < 1.29 is 0 Å². The molecule has 1 aromatic heterocycles. The molecular formula is C14H25N3. The number of nitrogens with two attached hydrogens (primary N) is 1. The molecule has 2 atom stereocenters. The number of hydrogen-bond donors (Lipinski definition) is 1. The van der Waals surface area contributed by atoms with Crippen LogP contribution >= 0.6 is 0 Å². The van der Waals surface area contributed by atoms with Gasteiger partial charge in [-0.15, -0.1) is 0 Å². The maximum absolute atomic E-state index is 6.26. The Morgan fingerprint density at radius 3 is 2.59 bits per heavy atom. The van der Waals surface area contributed by atoms with Gasteiger partial charge >= 0.3 is 0 Å². The highest BCUT2D eigenvalue weighted by molar-refractivity contribution is 5.16. The SMILES string of the molecule is CCC(N)C(c1cccnc1)N(C)CC(C)C. The zero-order valence-electron chi connectivity index (χ0n) is 11.4. The van der Waals surface area contributed by atoms with Gasteiger partial charge in [-0.05, 0) is 31.0 Å². The molecule has 96 valence electrons. The van der Waals surface area contributed by atoms with Crippen molar-refractivity contribution in [3.63, 3.8) is 0 Å². The Hall–Kier alpha value is -0.930. The summed E-state index contributed by atoms with van der Waals surface area (Å²) in [5.74, 6) is 0.642. The maximum atomic E-state index is 6.26. The number of aromatic nitrogens is 1. The third kappa shape index (κ3) is 4.10. The summed E-state index contributed by atoms with van der Waals surface area (Å²) < 4.78 is 0. The Bertz CT molecular complexity index is 311. The highest BCUT2D eigenvalue weighted by Gasteiger charge is 2.23. The predicted molar refractivity (Wildman–Crippen MR) is 72.7 cm³/mol. The van der Waals surface area contributed by atoms with Crippen molar-refractivity contribution in [2.24, 2.45) is 11.7 Å². The van der Waals surface area contributed by atoms with Crippen molar-refractivity contribution in [2.75, 3.05) is 13.6 Å². The molecule has 2 unspecified atom stereocenters. The van der Waals surface area contributed by atoms with Crippen LogP contribution < -0.4 is 5.73 Å². The zero-order valence-corrected chi connectivity index (χ0v) is 11.4. The third-order valence-electron chi connectivity index (χ3n) is 3.03. The summed E-state index contributed by atoms with van der Waals surface area (Å²) in [6, 6.07) is 4.51. The van der Waals surface area contributed by atoms with Crippen molar-refractivity contribution >= 4 is 0 Å². The minimum atomic E-state index is 0.156. The number of rotatable bonds is 6. The largest absolute Gasteiger partial charge is 0.326 e. The summed E-state index contributed by atoms with van der Waals surface area (Å²) in [6.45, 7) is 7.65. The Morgan fingerprint density at radius 1 is 1.41 bits per heavy atom. The quantitative estimate of drug-likeness (QED) is 0.823. The van der Waals surface area contributed by atoms with Gasteiger partial charge in [-0.2, -0.15) is 0 Å². The second-order valence-electron chi connectivity index (χ2n) is 5.14. The summed E-state index contributed by atoms with van der Waals surface area (Å²) in [6.07, 6.45) is 4.71. The van der Waals surface area contributed by atoms with E-state index in [2.05, 4.69) is 43.8 Å². The molecule has 17 heavy (non-hydrogen) atoms. The van der Waals surface area contributed by atoms with E-state index in [1.54, 1.807) is 6.20 Å². The second kappa shape index (κ2) is 6.72. The Balaban J connectivity index is 2.88. The van der Waals surface area contributed by atoms with Crippen LogP contribution in [0.3, 0.4) is 0 Å². The third-order valence-corrected chi connectivity index (χ3v) is 3.03. The van der Waals surface area contributed by atoms with Crippen molar-refractivity contribution in [1.82, 2.24) is 9.88 Å². The number of likely N-dealkylation sites (N-methyl/N-ethyl adjacent to an activating group) is 1. The second-order valence-corrected chi connectivity index (χ2v) is 5.14. The monoisotopic (exact) mass is 235 g/mol. The fourth-order valence-corrected chi connectivity index (χ4v) is 2.29. The van der Waals surface area contributed by atoms with Gasteiger partial charge in [0.15, 0.2) is 0 Å². The van der Waals surface area contributed by atoms with Crippen LogP contribution in [-0.4, -0.2) is 29.5 Å². The van der Waals surface area contributed by atoms with Gasteiger partial charge in [0, 0.05) is 25.0 Å². The molecule has 0 fully saturated rings. The van der Waals surface area contributed by atoms with Crippen LogP contribution in [0.15, 0.2) is 24.5 Å². The minimum absolute atomic E-state index is 0.156. The van der Waals surface area contributed by atoms with Crippen molar-refractivity contribution in [3.05, 3.63) is 30.1 Å². The molecule has 0 aliphatic carbocycles. The molecule has 0 saturated carbocycles. The van der Waals surface area contributed by atoms with Crippen molar-refractivity contribution in [2.45, 2.75) is 39.3 Å². The normalized spacial score (nSPS) is 15.2. The Morgan fingerprint density at radius 2 is 2.12 bits per heavy atom. The average molecular weight is 235 g/mol. The average Bonchev–Trinajstić information content (AvgIpc) is 2.29. The van der Waals surface area contributed by atoms with Crippen LogP contribution in [-0.2, 0) is 0 Å². The van der Waals surface area contributed by atoms with Gasteiger partial charge in [-0.1, -0.05) is 26.8 Å². The van der Waals surface area contributed by atoms with Gasteiger partial charge in [0.25, 0.3) is 0 Å². The highest BCUT2D eigenvalue weighted by atomic mass is 15.1. The molecule has 3 nitrogen and oxygen atoms in total. The van der Waals surface area contributed by atoms with E-state index in [4.69, 9.17) is 5.73 Å². The van der Waals surface area contributed by atoms with Gasteiger partial charge < -0.3 is 5.73 Å². The lowest BCUT2D eigenvalue weighted by molar-refractivity contribution is 0.189. The van der Waals surface area contributed by atoms with E-state index >= 15 is 0 Å². The van der Waals surface area contributed by atoms with Crippen molar-refractivity contribution in [1.29, 1.82) is 0 Å². The number of hydrogen-bond acceptors (Lipinski definition) is 3. The van der Waals surface area contributed by atoms with Gasteiger partial charge in [0.05, 0.1) is 6.04 Å². The molecule has 0 radical (unpaired) electrons. The first-order chi connectivity index (χ1) is 8.06. The molecule has 0 bridgehead atoms. The van der Waals surface area contributed by atoms with Gasteiger partial charge in [-0.3, -0.25) is 9.88 Å². The van der Waals surface area contributed by atoms with Crippen LogP contribution in [0.1, 0.15) is 38.8 Å². The molecule has 0 aliphatic heterocycles. The fourth-order valence-electron chi connectivity index (χ4n) is 2.29. The lowest BCUT2D eigenvalue weighted by atomic mass is 9.97. The van der Waals surface area contributed by atoms with Crippen LogP contribution in [0.2, 0.25) is 0 Å². The van der Waals surface area contributed by atoms with E-state index in [0.29, 0.717) is 5.92 Å².